The topological polar surface area (TPSA) is 85.0 Å². The van der Waals surface area contributed by atoms with Crippen molar-refractivity contribution in [2.45, 2.75) is 0 Å². The predicted octanol–water partition coefficient (Wildman–Crippen LogP) is 2.08. The number of hydrogen-bond acceptors (Lipinski definition) is 4. The highest BCUT2D eigenvalue weighted by Gasteiger charge is 2.09. The van der Waals surface area contributed by atoms with Crippen LogP contribution in [0.1, 0.15) is 11.5 Å². The first-order valence-corrected chi connectivity index (χ1v) is 4.18. The first-order chi connectivity index (χ1) is 7.25. The van der Waals surface area contributed by atoms with Gasteiger partial charge in [-0.3, -0.25) is 15.2 Å². The van der Waals surface area contributed by atoms with Gasteiger partial charge in [-0.15, -0.1) is 0 Å². The van der Waals surface area contributed by atoms with Crippen molar-refractivity contribution in [1.82, 2.24) is 10.2 Å². The van der Waals surface area contributed by atoms with Crippen molar-refractivity contribution in [2.75, 3.05) is 0 Å². The lowest BCUT2D eigenvalue weighted by atomic mass is 10.3. The summed E-state index contributed by atoms with van der Waals surface area (Å²) in [6.45, 7) is 0. The van der Waals surface area contributed by atoms with E-state index in [1.165, 1.54) is 12.1 Å². The highest BCUT2D eigenvalue weighted by molar-refractivity contribution is 5.65. The Kier molecular flexibility index (Phi) is 2.32. The molecule has 76 valence electrons. The van der Waals surface area contributed by atoms with Gasteiger partial charge in [0.15, 0.2) is 0 Å². The molecule has 0 spiro atoms. The molecule has 0 radical (unpaired) electrons. The Labute approximate surface area is 84.4 Å². The van der Waals surface area contributed by atoms with Crippen LogP contribution in [0.3, 0.4) is 0 Å². The van der Waals surface area contributed by atoms with Crippen molar-refractivity contribution in [1.29, 1.82) is 0 Å². The van der Waals surface area contributed by atoms with Crippen LogP contribution in [0.5, 0.6) is 0 Å². The van der Waals surface area contributed by atoms with E-state index in [9.17, 15) is 10.1 Å². The van der Waals surface area contributed by atoms with Gasteiger partial charge in [0.05, 0.1) is 11.8 Å². The van der Waals surface area contributed by atoms with Crippen molar-refractivity contribution in [3.8, 4) is 0 Å². The molecule has 0 fully saturated rings. The largest absolute Gasteiger partial charge is 0.433 e. The maximum absolute atomic E-state index is 10.3. The summed E-state index contributed by atoms with van der Waals surface area (Å²) in [5.74, 6) is 0.154. The Bertz CT molecular complexity index is 484. The number of furan rings is 1. The number of H-pyrrole nitrogens is 1. The molecule has 15 heavy (non-hydrogen) atoms. The van der Waals surface area contributed by atoms with Gasteiger partial charge in [-0.1, -0.05) is 0 Å². The minimum Gasteiger partial charge on any atom is -0.401 e. The molecule has 0 aliphatic carbocycles. The molecule has 0 aliphatic heterocycles. The Morgan fingerprint density at radius 1 is 1.40 bits per heavy atom. The second-order valence-electron chi connectivity index (χ2n) is 2.77. The van der Waals surface area contributed by atoms with Gasteiger partial charge in [0.2, 0.25) is 0 Å². The first kappa shape index (κ1) is 9.20. The molecule has 0 bridgehead atoms. The molecule has 2 heterocycles. The molecule has 0 unspecified atom stereocenters. The smallest absolute Gasteiger partial charge is 0.401 e. The van der Waals surface area contributed by atoms with Gasteiger partial charge in [0, 0.05) is 6.20 Å². The molecule has 0 saturated heterocycles. The summed E-state index contributed by atoms with van der Waals surface area (Å²) in [7, 11) is 0. The summed E-state index contributed by atoms with van der Waals surface area (Å²) in [6, 6.07) is 4.61. The van der Waals surface area contributed by atoms with E-state index in [-0.39, 0.29) is 5.88 Å². The van der Waals surface area contributed by atoms with Crippen molar-refractivity contribution >= 4 is 18.0 Å². The molecule has 0 atom stereocenters. The third-order valence-electron chi connectivity index (χ3n) is 1.73. The van der Waals surface area contributed by atoms with E-state index >= 15 is 0 Å². The summed E-state index contributed by atoms with van der Waals surface area (Å²) in [6.07, 6.45) is 4.99. The van der Waals surface area contributed by atoms with Crippen LogP contribution in [0.4, 0.5) is 5.88 Å². The van der Waals surface area contributed by atoms with E-state index in [0.29, 0.717) is 5.76 Å². The van der Waals surface area contributed by atoms with Gasteiger partial charge in [-0.05, 0) is 24.3 Å². The van der Waals surface area contributed by atoms with Crippen molar-refractivity contribution in [2.24, 2.45) is 0 Å². The van der Waals surface area contributed by atoms with E-state index in [2.05, 4.69) is 10.2 Å². The average molecular weight is 205 g/mol. The average Bonchev–Trinajstić information content (AvgIpc) is 2.86. The minimum absolute atomic E-state index is 0.267. The van der Waals surface area contributed by atoms with Crippen molar-refractivity contribution in [3.63, 3.8) is 0 Å². The summed E-state index contributed by atoms with van der Waals surface area (Å²) >= 11 is 0. The van der Waals surface area contributed by atoms with Crippen LogP contribution in [0, 0.1) is 10.1 Å². The number of nitro groups is 1. The van der Waals surface area contributed by atoms with Gasteiger partial charge < -0.3 is 4.42 Å². The predicted molar refractivity (Wildman–Crippen MR) is 52.9 cm³/mol. The van der Waals surface area contributed by atoms with Crippen LogP contribution < -0.4 is 0 Å². The molecule has 2 aromatic heterocycles. The Hall–Kier alpha value is -2.37. The third-order valence-corrected chi connectivity index (χ3v) is 1.73. The second kappa shape index (κ2) is 3.79. The van der Waals surface area contributed by atoms with Crippen LogP contribution in [0.25, 0.3) is 12.2 Å². The molecule has 6 heteroatoms. The van der Waals surface area contributed by atoms with Crippen LogP contribution in [-0.4, -0.2) is 15.1 Å². The Morgan fingerprint density at radius 3 is 2.87 bits per heavy atom. The fourth-order valence-corrected chi connectivity index (χ4v) is 1.06. The van der Waals surface area contributed by atoms with E-state index in [4.69, 9.17) is 4.42 Å². The lowest BCUT2D eigenvalue weighted by Crippen LogP contribution is -1.82. The molecule has 1 N–H and O–H groups in total. The quantitative estimate of drug-likeness (QED) is 0.614. The maximum atomic E-state index is 10.3. The molecule has 0 aromatic carbocycles. The van der Waals surface area contributed by atoms with Gasteiger partial charge in [0.1, 0.15) is 10.7 Å². The summed E-state index contributed by atoms with van der Waals surface area (Å²) in [5, 5.41) is 16.9. The van der Waals surface area contributed by atoms with Crippen LogP contribution >= 0.6 is 0 Å². The zero-order valence-electron chi connectivity index (χ0n) is 7.58. The fourth-order valence-electron chi connectivity index (χ4n) is 1.06. The van der Waals surface area contributed by atoms with E-state index < -0.39 is 4.92 Å². The summed E-state index contributed by atoms with van der Waals surface area (Å²) in [5.41, 5.74) is 0.731. The minimum atomic E-state index is -0.577. The van der Waals surface area contributed by atoms with Crippen LogP contribution in [-0.2, 0) is 0 Å². The maximum Gasteiger partial charge on any atom is 0.433 e. The summed E-state index contributed by atoms with van der Waals surface area (Å²) < 4.78 is 4.92. The van der Waals surface area contributed by atoms with E-state index in [0.717, 1.165) is 5.69 Å². The van der Waals surface area contributed by atoms with Crippen LogP contribution in [0.15, 0.2) is 28.8 Å². The summed E-state index contributed by atoms with van der Waals surface area (Å²) in [4.78, 5) is 9.74. The van der Waals surface area contributed by atoms with Crippen molar-refractivity contribution < 1.29 is 9.34 Å². The molecular weight excluding hydrogens is 198 g/mol. The second-order valence-corrected chi connectivity index (χ2v) is 2.77. The molecule has 0 saturated carbocycles. The van der Waals surface area contributed by atoms with Gasteiger partial charge >= 0.3 is 5.88 Å². The zero-order valence-corrected chi connectivity index (χ0v) is 7.58. The third kappa shape index (κ3) is 2.11. The number of hydrogen-bond donors (Lipinski definition) is 1. The van der Waals surface area contributed by atoms with E-state index in [1.54, 1.807) is 24.4 Å². The number of nitrogens with zero attached hydrogens (tertiary/aromatic N) is 2. The first-order valence-electron chi connectivity index (χ1n) is 4.18. The number of nitrogens with one attached hydrogen (secondary N) is 1. The molecule has 6 nitrogen and oxygen atoms in total. The SMILES string of the molecule is O=[N+]([O-])c1ccc(/C=C\c2cc[nH]n2)o1. The van der Waals surface area contributed by atoms with Gasteiger partial charge in [-0.25, -0.2) is 0 Å². The highest BCUT2D eigenvalue weighted by Crippen LogP contribution is 2.17. The Morgan fingerprint density at radius 2 is 2.27 bits per heavy atom. The Balaban J connectivity index is 2.14. The fraction of sp³-hybridized carbons (Fsp3) is 0. The number of aromatic nitrogens is 2. The number of rotatable bonds is 3. The van der Waals surface area contributed by atoms with Crippen LogP contribution in [0.2, 0.25) is 0 Å². The molecule has 0 amide bonds. The molecule has 2 aromatic rings. The molecule has 0 aliphatic rings. The van der Waals surface area contributed by atoms with Gasteiger partial charge in [-0.2, -0.15) is 5.10 Å². The molecular formula is C9H7N3O3. The lowest BCUT2D eigenvalue weighted by Gasteiger charge is -1.83. The lowest BCUT2D eigenvalue weighted by molar-refractivity contribution is -0.402. The standard InChI is InChI=1S/C9H7N3O3/c13-12(14)9-4-3-8(15-9)2-1-7-5-6-10-11-7/h1-6H,(H,10,11)/b2-1-. The van der Waals surface area contributed by atoms with Crippen molar-refractivity contribution in [3.05, 3.63) is 46.0 Å². The van der Waals surface area contributed by atoms with Gasteiger partial charge in [0.25, 0.3) is 0 Å². The normalized spacial score (nSPS) is 10.9. The molecule has 2 rings (SSSR count). The number of aromatic amines is 1. The highest BCUT2D eigenvalue weighted by atomic mass is 16.6. The monoisotopic (exact) mass is 205 g/mol. The van der Waals surface area contributed by atoms with E-state index in [1.807, 2.05) is 0 Å². The zero-order chi connectivity index (χ0) is 10.7.